The molecule has 1 unspecified atom stereocenters. The number of para-hydroxylation sites is 1. The van der Waals surface area contributed by atoms with Gasteiger partial charge in [0.05, 0.1) is 10.7 Å². The molecule has 0 saturated heterocycles. The SMILES string of the molecule is CCNC(=O)COc1ccc(NC(C)C(=O)Nc2ccccc2Cl)cc1. The predicted octanol–water partition coefficient (Wildman–Crippen LogP) is 3.29. The molecule has 0 spiro atoms. The Bertz CT molecular complexity index is 750. The molecule has 0 bridgehead atoms. The molecule has 1 atom stereocenters. The van der Waals surface area contributed by atoms with Gasteiger partial charge in [-0.05, 0) is 50.2 Å². The molecule has 0 saturated carbocycles. The molecule has 0 fully saturated rings. The van der Waals surface area contributed by atoms with E-state index in [1.165, 1.54) is 0 Å². The van der Waals surface area contributed by atoms with Crippen LogP contribution in [0, 0.1) is 0 Å². The molecule has 0 radical (unpaired) electrons. The Labute approximate surface area is 157 Å². The first-order valence-electron chi connectivity index (χ1n) is 8.31. The zero-order chi connectivity index (χ0) is 18.9. The van der Waals surface area contributed by atoms with Crippen LogP contribution in [0.25, 0.3) is 0 Å². The lowest BCUT2D eigenvalue weighted by molar-refractivity contribution is -0.123. The smallest absolute Gasteiger partial charge is 0.257 e. The minimum atomic E-state index is -0.464. The van der Waals surface area contributed by atoms with Crippen LogP contribution in [0.4, 0.5) is 11.4 Å². The number of nitrogens with one attached hydrogen (secondary N) is 3. The molecule has 26 heavy (non-hydrogen) atoms. The average molecular weight is 376 g/mol. The first kappa shape index (κ1) is 19.6. The lowest BCUT2D eigenvalue weighted by atomic mass is 10.2. The van der Waals surface area contributed by atoms with Crippen LogP contribution in [0.2, 0.25) is 5.02 Å². The van der Waals surface area contributed by atoms with Crippen LogP contribution < -0.4 is 20.7 Å². The standard InChI is InChI=1S/C19H22ClN3O3/c1-3-21-18(24)12-26-15-10-8-14(9-11-15)22-13(2)19(25)23-17-7-5-4-6-16(17)20/h4-11,13,22H,3,12H2,1-2H3,(H,21,24)(H,23,25). The van der Waals surface area contributed by atoms with Crippen molar-refractivity contribution < 1.29 is 14.3 Å². The zero-order valence-electron chi connectivity index (χ0n) is 14.7. The van der Waals surface area contributed by atoms with Crippen LogP contribution in [-0.2, 0) is 9.59 Å². The number of halogens is 1. The van der Waals surface area contributed by atoms with Gasteiger partial charge in [0.15, 0.2) is 6.61 Å². The van der Waals surface area contributed by atoms with E-state index < -0.39 is 6.04 Å². The highest BCUT2D eigenvalue weighted by molar-refractivity contribution is 6.33. The molecule has 7 heteroatoms. The highest BCUT2D eigenvalue weighted by atomic mass is 35.5. The highest BCUT2D eigenvalue weighted by Crippen LogP contribution is 2.21. The van der Waals surface area contributed by atoms with Gasteiger partial charge in [-0.25, -0.2) is 0 Å². The van der Waals surface area contributed by atoms with Gasteiger partial charge in [-0.3, -0.25) is 9.59 Å². The first-order chi connectivity index (χ1) is 12.5. The third-order valence-electron chi connectivity index (χ3n) is 3.51. The van der Waals surface area contributed by atoms with Crippen LogP contribution in [0.15, 0.2) is 48.5 Å². The maximum atomic E-state index is 12.3. The van der Waals surface area contributed by atoms with Gasteiger partial charge in [-0.15, -0.1) is 0 Å². The van der Waals surface area contributed by atoms with Gasteiger partial charge in [-0.2, -0.15) is 0 Å². The molecule has 0 aromatic heterocycles. The number of ether oxygens (including phenoxy) is 1. The summed E-state index contributed by atoms with van der Waals surface area (Å²) < 4.78 is 5.39. The summed E-state index contributed by atoms with van der Waals surface area (Å²) in [5.74, 6) is 0.212. The minimum Gasteiger partial charge on any atom is -0.484 e. The number of carbonyl (C=O) groups excluding carboxylic acids is 2. The molecule has 0 aliphatic rings. The molecule has 2 amide bonds. The number of hydrogen-bond donors (Lipinski definition) is 3. The van der Waals surface area contributed by atoms with Crippen molar-refractivity contribution in [2.45, 2.75) is 19.9 Å². The quantitative estimate of drug-likeness (QED) is 0.661. The fourth-order valence-corrected chi connectivity index (χ4v) is 2.35. The fraction of sp³-hybridized carbons (Fsp3) is 0.263. The van der Waals surface area contributed by atoms with Crippen LogP contribution in [0.3, 0.4) is 0 Å². The number of anilines is 2. The molecule has 2 rings (SSSR count). The number of amides is 2. The second-order valence-corrected chi connectivity index (χ2v) is 6.01. The van der Waals surface area contributed by atoms with Crippen LogP contribution in [-0.4, -0.2) is 31.0 Å². The largest absolute Gasteiger partial charge is 0.484 e. The number of rotatable bonds is 8. The molecule has 0 aliphatic heterocycles. The molecule has 138 valence electrons. The van der Waals surface area contributed by atoms with Crippen molar-refractivity contribution in [1.29, 1.82) is 0 Å². The second kappa shape index (κ2) is 9.68. The Morgan fingerprint density at radius 2 is 1.81 bits per heavy atom. The maximum Gasteiger partial charge on any atom is 0.257 e. The van der Waals surface area contributed by atoms with E-state index in [1.807, 2.05) is 6.92 Å². The molecule has 6 nitrogen and oxygen atoms in total. The van der Waals surface area contributed by atoms with Gasteiger partial charge in [0.2, 0.25) is 5.91 Å². The van der Waals surface area contributed by atoms with Gasteiger partial charge in [0.1, 0.15) is 11.8 Å². The van der Waals surface area contributed by atoms with E-state index in [-0.39, 0.29) is 18.4 Å². The summed E-state index contributed by atoms with van der Waals surface area (Å²) >= 11 is 6.04. The molecule has 3 N–H and O–H groups in total. The summed E-state index contributed by atoms with van der Waals surface area (Å²) in [5, 5.41) is 9.03. The lowest BCUT2D eigenvalue weighted by Crippen LogP contribution is -2.31. The van der Waals surface area contributed by atoms with Crippen LogP contribution in [0.5, 0.6) is 5.75 Å². The summed E-state index contributed by atoms with van der Waals surface area (Å²) in [6.07, 6.45) is 0. The Kier molecular flexibility index (Phi) is 7.29. The monoisotopic (exact) mass is 375 g/mol. The number of hydrogen-bond acceptors (Lipinski definition) is 4. The Morgan fingerprint density at radius 1 is 1.12 bits per heavy atom. The van der Waals surface area contributed by atoms with E-state index >= 15 is 0 Å². The van der Waals surface area contributed by atoms with Crippen molar-refractivity contribution in [1.82, 2.24) is 5.32 Å². The third kappa shape index (κ3) is 5.97. The topological polar surface area (TPSA) is 79.5 Å². The Balaban J connectivity index is 1.86. The van der Waals surface area contributed by atoms with Crippen molar-refractivity contribution in [2.24, 2.45) is 0 Å². The van der Waals surface area contributed by atoms with Crippen molar-refractivity contribution in [3.63, 3.8) is 0 Å². The minimum absolute atomic E-state index is 0.0305. The van der Waals surface area contributed by atoms with Gasteiger partial charge >= 0.3 is 0 Å². The highest BCUT2D eigenvalue weighted by Gasteiger charge is 2.14. The van der Waals surface area contributed by atoms with Crippen LogP contribution >= 0.6 is 11.6 Å². The van der Waals surface area contributed by atoms with E-state index in [1.54, 1.807) is 55.5 Å². The predicted molar refractivity (Wildman–Crippen MR) is 104 cm³/mol. The van der Waals surface area contributed by atoms with Crippen molar-refractivity contribution >= 4 is 34.8 Å². The fourth-order valence-electron chi connectivity index (χ4n) is 2.16. The van der Waals surface area contributed by atoms with Crippen molar-refractivity contribution in [3.8, 4) is 5.75 Å². The normalized spacial score (nSPS) is 11.3. The summed E-state index contributed by atoms with van der Waals surface area (Å²) in [6.45, 7) is 4.14. The first-order valence-corrected chi connectivity index (χ1v) is 8.69. The van der Waals surface area contributed by atoms with Gasteiger partial charge < -0.3 is 20.7 Å². The molecular weight excluding hydrogens is 354 g/mol. The second-order valence-electron chi connectivity index (χ2n) is 5.60. The summed E-state index contributed by atoms with van der Waals surface area (Å²) in [7, 11) is 0. The molecule has 0 aliphatic carbocycles. The Morgan fingerprint density at radius 3 is 2.46 bits per heavy atom. The van der Waals surface area contributed by atoms with E-state index in [0.717, 1.165) is 5.69 Å². The molecule has 2 aromatic carbocycles. The third-order valence-corrected chi connectivity index (χ3v) is 3.84. The number of carbonyl (C=O) groups is 2. The van der Waals surface area contributed by atoms with E-state index in [0.29, 0.717) is 23.0 Å². The molecular formula is C19H22ClN3O3. The summed E-state index contributed by atoms with van der Waals surface area (Å²) in [5.41, 5.74) is 1.33. The Hall–Kier alpha value is -2.73. The van der Waals surface area contributed by atoms with Gasteiger partial charge in [-0.1, -0.05) is 23.7 Å². The lowest BCUT2D eigenvalue weighted by Gasteiger charge is -2.16. The van der Waals surface area contributed by atoms with Crippen molar-refractivity contribution in [3.05, 3.63) is 53.6 Å². The van der Waals surface area contributed by atoms with E-state index in [4.69, 9.17) is 16.3 Å². The maximum absolute atomic E-state index is 12.3. The van der Waals surface area contributed by atoms with Crippen LogP contribution in [0.1, 0.15) is 13.8 Å². The number of likely N-dealkylation sites (N-methyl/N-ethyl adjacent to an activating group) is 1. The average Bonchev–Trinajstić information content (AvgIpc) is 2.63. The van der Waals surface area contributed by atoms with Gasteiger partial charge in [0, 0.05) is 12.2 Å². The number of benzene rings is 2. The summed E-state index contributed by atoms with van der Waals surface area (Å²) in [4.78, 5) is 23.6. The summed E-state index contributed by atoms with van der Waals surface area (Å²) in [6, 6.07) is 13.6. The van der Waals surface area contributed by atoms with E-state index in [9.17, 15) is 9.59 Å². The molecule has 2 aromatic rings. The van der Waals surface area contributed by atoms with E-state index in [2.05, 4.69) is 16.0 Å². The van der Waals surface area contributed by atoms with Gasteiger partial charge in [0.25, 0.3) is 5.91 Å². The van der Waals surface area contributed by atoms with Crippen molar-refractivity contribution in [2.75, 3.05) is 23.8 Å². The zero-order valence-corrected chi connectivity index (χ0v) is 15.5. The molecule has 0 heterocycles.